The molecule has 4 aromatic carbocycles. The average molecular weight is 686 g/mol. The average Bonchev–Trinajstić information content (AvgIpc) is 3.13. The van der Waals surface area contributed by atoms with Gasteiger partial charge in [0.1, 0.15) is 0 Å². The SMILES string of the molecule is CC(NC(=O)N(Cc1ccc(C(=O)NC[C@@H](O)C(=O)O)cc1)c1ccc(C2=CCCCC2)cc1)c1ccccc1-c1cccc(C(F)(F)F)c1. The van der Waals surface area contributed by atoms with Crippen LogP contribution >= 0.6 is 0 Å². The van der Waals surface area contributed by atoms with Crippen LogP contribution in [0.15, 0.2) is 103 Å². The fourth-order valence-corrected chi connectivity index (χ4v) is 5.90. The molecular formula is C39H38F3N3O5. The van der Waals surface area contributed by atoms with Crippen molar-refractivity contribution in [3.8, 4) is 11.1 Å². The van der Waals surface area contributed by atoms with E-state index in [1.54, 1.807) is 66.4 Å². The number of hydrogen-bond donors (Lipinski definition) is 4. The summed E-state index contributed by atoms with van der Waals surface area (Å²) in [6, 6.07) is 25.2. The number of nitrogens with one attached hydrogen (secondary N) is 2. The first-order chi connectivity index (χ1) is 23.9. The lowest BCUT2D eigenvalue weighted by molar-refractivity contribution is -0.146. The van der Waals surface area contributed by atoms with Gasteiger partial charge in [0.05, 0.1) is 24.7 Å². The van der Waals surface area contributed by atoms with Gasteiger partial charge in [0.15, 0.2) is 6.10 Å². The highest BCUT2D eigenvalue weighted by molar-refractivity contribution is 5.95. The van der Waals surface area contributed by atoms with Crippen LogP contribution in [0.4, 0.5) is 23.7 Å². The van der Waals surface area contributed by atoms with Crippen molar-refractivity contribution in [2.75, 3.05) is 11.4 Å². The smallest absolute Gasteiger partial charge is 0.416 e. The highest BCUT2D eigenvalue weighted by Crippen LogP contribution is 2.35. The Hall–Kier alpha value is -5.42. The molecule has 11 heteroatoms. The van der Waals surface area contributed by atoms with Gasteiger partial charge in [-0.05, 0) is 102 Å². The molecule has 4 aromatic rings. The van der Waals surface area contributed by atoms with E-state index in [1.807, 2.05) is 24.3 Å². The Bertz CT molecular complexity index is 1860. The first kappa shape index (κ1) is 35.9. The van der Waals surface area contributed by atoms with Crippen molar-refractivity contribution in [2.24, 2.45) is 0 Å². The fraction of sp³-hybridized carbons (Fsp3) is 0.256. The molecule has 5 rings (SSSR count). The van der Waals surface area contributed by atoms with Gasteiger partial charge in [0, 0.05) is 11.3 Å². The molecule has 0 aromatic heterocycles. The number of benzene rings is 4. The second kappa shape index (κ2) is 15.9. The van der Waals surface area contributed by atoms with E-state index in [2.05, 4.69) is 16.7 Å². The predicted octanol–water partition coefficient (Wildman–Crippen LogP) is 7.98. The molecule has 0 fully saturated rings. The highest BCUT2D eigenvalue weighted by Gasteiger charge is 2.31. The van der Waals surface area contributed by atoms with Crippen molar-refractivity contribution >= 4 is 29.2 Å². The van der Waals surface area contributed by atoms with Gasteiger partial charge in [-0.15, -0.1) is 0 Å². The van der Waals surface area contributed by atoms with E-state index in [0.29, 0.717) is 27.9 Å². The maximum atomic E-state index is 14.0. The van der Waals surface area contributed by atoms with Gasteiger partial charge < -0.3 is 20.8 Å². The number of aliphatic hydroxyl groups is 1. The van der Waals surface area contributed by atoms with E-state index in [1.165, 1.54) is 11.6 Å². The minimum absolute atomic E-state index is 0.121. The molecule has 0 radical (unpaired) electrons. The Morgan fingerprint density at radius 3 is 2.26 bits per heavy atom. The summed E-state index contributed by atoms with van der Waals surface area (Å²) in [6.45, 7) is 1.44. The first-order valence-corrected chi connectivity index (χ1v) is 16.3. The van der Waals surface area contributed by atoms with Gasteiger partial charge in [-0.3, -0.25) is 9.69 Å². The van der Waals surface area contributed by atoms with E-state index >= 15 is 0 Å². The number of anilines is 1. The van der Waals surface area contributed by atoms with Crippen LogP contribution in [0.2, 0.25) is 0 Å². The topological polar surface area (TPSA) is 119 Å². The maximum absolute atomic E-state index is 14.0. The standard InChI is InChI=1S/C39H38F3N3O5/c1-25(33-12-5-6-13-34(33)30-10-7-11-31(22-30)39(40,41)42)44-38(50)45(32-20-18-28(19-21-32)27-8-3-2-4-9-27)24-26-14-16-29(17-15-26)36(47)43-23-35(46)37(48)49/h5-8,10-22,25,35,46H,2-4,9,23-24H2,1H3,(H,43,47)(H,44,50)(H,48,49)/t25?,35-/m1/s1. The van der Waals surface area contributed by atoms with Gasteiger partial charge >= 0.3 is 18.2 Å². The summed E-state index contributed by atoms with van der Waals surface area (Å²) in [5, 5.41) is 23.7. The number of halogens is 3. The molecule has 0 spiro atoms. The van der Waals surface area contributed by atoms with Crippen molar-refractivity contribution in [1.82, 2.24) is 10.6 Å². The quantitative estimate of drug-likeness (QED) is 0.128. The van der Waals surface area contributed by atoms with Crippen molar-refractivity contribution in [2.45, 2.75) is 57.5 Å². The van der Waals surface area contributed by atoms with E-state index < -0.39 is 48.3 Å². The molecule has 3 amide bonds. The summed E-state index contributed by atoms with van der Waals surface area (Å²) in [5.41, 5.74) is 4.72. The molecule has 1 aliphatic carbocycles. The number of urea groups is 1. The molecule has 4 N–H and O–H groups in total. The lowest BCUT2D eigenvalue weighted by Gasteiger charge is -2.27. The van der Waals surface area contributed by atoms with Crippen molar-refractivity contribution in [3.63, 3.8) is 0 Å². The monoisotopic (exact) mass is 685 g/mol. The van der Waals surface area contributed by atoms with Crippen LogP contribution in [-0.4, -0.2) is 40.8 Å². The lowest BCUT2D eigenvalue weighted by atomic mass is 9.93. The van der Waals surface area contributed by atoms with Crippen LogP contribution in [-0.2, 0) is 17.5 Å². The molecule has 0 saturated heterocycles. The molecule has 0 bridgehead atoms. The summed E-state index contributed by atoms with van der Waals surface area (Å²) in [4.78, 5) is 39.0. The maximum Gasteiger partial charge on any atom is 0.416 e. The van der Waals surface area contributed by atoms with Crippen LogP contribution in [0, 0.1) is 0 Å². The molecule has 260 valence electrons. The number of carboxylic acid groups (broad SMARTS) is 1. The van der Waals surface area contributed by atoms with Gasteiger partial charge in [-0.1, -0.05) is 66.7 Å². The Kier molecular flexibility index (Phi) is 11.4. The number of carbonyl (C=O) groups is 3. The van der Waals surface area contributed by atoms with Crippen LogP contribution in [0.25, 0.3) is 16.7 Å². The van der Waals surface area contributed by atoms with E-state index in [-0.39, 0.29) is 12.1 Å². The first-order valence-electron chi connectivity index (χ1n) is 16.3. The van der Waals surface area contributed by atoms with Crippen LogP contribution in [0.3, 0.4) is 0 Å². The zero-order valence-corrected chi connectivity index (χ0v) is 27.4. The minimum atomic E-state index is -4.50. The number of nitrogens with zero attached hydrogens (tertiary/aromatic N) is 1. The van der Waals surface area contributed by atoms with E-state index in [9.17, 15) is 32.7 Å². The normalized spacial score (nSPS) is 14.2. The number of allylic oxidation sites excluding steroid dienone is 2. The van der Waals surface area contributed by atoms with E-state index in [0.717, 1.165) is 43.4 Å². The summed E-state index contributed by atoms with van der Waals surface area (Å²) in [6.07, 6.45) is 0.309. The van der Waals surface area contributed by atoms with Crippen molar-refractivity contribution < 1.29 is 37.8 Å². The number of alkyl halides is 3. The lowest BCUT2D eigenvalue weighted by Crippen LogP contribution is -2.41. The third-order valence-corrected chi connectivity index (χ3v) is 8.65. The van der Waals surface area contributed by atoms with Crippen LogP contribution in [0.1, 0.15) is 71.3 Å². The molecule has 2 atom stereocenters. The molecule has 1 aliphatic rings. The van der Waals surface area contributed by atoms with Gasteiger partial charge in [0.25, 0.3) is 5.91 Å². The second-order valence-corrected chi connectivity index (χ2v) is 12.2. The summed E-state index contributed by atoms with van der Waals surface area (Å²) in [7, 11) is 0. The minimum Gasteiger partial charge on any atom is -0.479 e. The van der Waals surface area contributed by atoms with Crippen molar-refractivity contribution in [1.29, 1.82) is 0 Å². The number of carboxylic acids is 1. The molecule has 1 unspecified atom stereocenters. The number of aliphatic hydroxyl groups excluding tert-OH is 1. The largest absolute Gasteiger partial charge is 0.479 e. The molecule has 50 heavy (non-hydrogen) atoms. The van der Waals surface area contributed by atoms with Gasteiger partial charge in [-0.2, -0.15) is 13.2 Å². The number of carbonyl (C=O) groups excluding carboxylic acids is 2. The van der Waals surface area contributed by atoms with Crippen LogP contribution in [0.5, 0.6) is 0 Å². The van der Waals surface area contributed by atoms with Crippen molar-refractivity contribution in [3.05, 3.63) is 131 Å². The molecule has 0 saturated carbocycles. The summed E-state index contributed by atoms with van der Waals surface area (Å²) in [5.74, 6) is -2.01. The predicted molar refractivity (Wildman–Crippen MR) is 185 cm³/mol. The third kappa shape index (κ3) is 8.97. The zero-order valence-electron chi connectivity index (χ0n) is 27.4. The highest BCUT2D eigenvalue weighted by atomic mass is 19.4. The molecule has 8 nitrogen and oxygen atoms in total. The number of hydrogen-bond acceptors (Lipinski definition) is 4. The Balaban J connectivity index is 1.39. The third-order valence-electron chi connectivity index (χ3n) is 8.65. The molecule has 0 heterocycles. The molecule has 0 aliphatic heterocycles. The van der Waals surface area contributed by atoms with Gasteiger partial charge in [-0.25, -0.2) is 9.59 Å². The van der Waals surface area contributed by atoms with Crippen LogP contribution < -0.4 is 15.5 Å². The number of aliphatic carboxylic acids is 1. The second-order valence-electron chi connectivity index (χ2n) is 12.2. The fourth-order valence-electron chi connectivity index (χ4n) is 5.90. The number of rotatable bonds is 11. The number of amides is 3. The summed E-state index contributed by atoms with van der Waals surface area (Å²) < 4.78 is 40.5. The Labute approximate surface area is 288 Å². The summed E-state index contributed by atoms with van der Waals surface area (Å²) >= 11 is 0. The zero-order chi connectivity index (χ0) is 35.8. The Morgan fingerprint density at radius 2 is 1.60 bits per heavy atom. The van der Waals surface area contributed by atoms with E-state index in [4.69, 9.17) is 5.11 Å². The molecular weight excluding hydrogens is 647 g/mol. The Morgan fingerprint density at radius 1 is 0.880 bits per heavy atom. The van der Waals surface area contributed by atoms with Gasteiger partial charge in [0.2, 0.25) is 0 Å².